The smallest absolute Gasteiger partial charge is 0.291 e. The molecule has 0 fully saturated rings. The van der Waals surface area contributed by atoms with E-state index in [1.807, 2.05) is 28.8 Å². The monoisotopic (exact) mass is 523 g/mol. The van der Waals surface area contributed by atoms with Crippen molar-refractivity contribution in [1.29, 1.82) is 0 Å². The number of hydrogen-bond acceptors (Lipinski definition) is 5. The number of aryl methyl sites for hydroxylation is 1. The predicted octanol–water partition coefficient (Wildman–Crippen LogP) is 2.67. The fourth-order valence-electron chi connectivity index (χ4n) is 2.80. The number of nitrogens with one attached hydrogen (secondary N) is 3. The van der Waals surface area contributed by atoms with Crippen LogP contribution >= 0.6 is 24.0 Å². The van der Waals surface area contributed by atoms with Crippen LogP contribution in [0.2, 0.25) is 0 Å². The summed E-state index contributed by atoms with van der Waals surface area (Å²) in [5, 5.41) is 17.4. The summed E-state index contributed by atoms with van der Waals surface area (Å²) in [5.74, 6) is 1.65. The SMILES string of the molecule is CCc1nncn1CCNC(=NC)NCc1cccc(NC(=O)c2ccco2)c1.I. The molecule has 1 aromatic carbocycles. The van der Waals surface area contributed by atoms with Crippen LogP contribution in [0.25, 0.3) is 0 Å². The van der Waals surface area contributed by atoms with E-state index >= 15 is 0 Å². The Labute approximate surface area is 192 Å². The molecule has 3 aromatic rings. The van der Waals surface area contributed by atoms with Gasteiger partial charge in [-0.15, -0.1) is 34.2 Å². The minimum absolute atomic E-state index is 0. The zero-order valence-electron chi connectivity index (χ0n) is 17.0. The van der Waals surface area contributed by atoms with Gasteiger partial charge in [-0.2, -0.15) is 0 Å². The number of aliphatic imine (C=N–C) groups is 1. The second kappa shape index (κ2) is 12.0. The molecule has 10 heteroatoms. The van der Waals surface area contributed by atoms with E-state index in [2.05, 4.69) is 38.1 Å². The second-order valence-corrected chi connectivity index (χ2v) is 6.28. The lowest BCUT2D eigenvalue weighted by atomic mass is 10.2. The summed E-state index contributed by atoms with van der Waals surface area (Å²) in [6.07, 6.45) is 4.05. The molecule has 0 spiro atoms. The molecule has 0 aliphatic carbocycles. The van der Waals surface area contributed by atoms with Crippen molar-refractivity contribution in [2.75, 3.05) is 18.9 Å². The Bertz CT molecular complexity index is 954. The first-order valence-electron chi connectivity index (χ1n) is 9.44. The molecule has 0 bridgehead atoms. The summed E-state index contributed by atoms with van der Waals surface area (Å²) in [6, 6.07) is 10.9. The Morgan fingerprint density at radius 3 is 2.83 bits per heavy atom. The molecular weight excluding hydrogens is 497 g/mol. The highest BCUT2D eigenvalue weighted by molar-refractivity contribution is 14.0. The number of halogens is 1. The fraction of sp³-hybridized carbons (Fsp3) is 0.300. The molecule has 0 radical (unpaired) electrons. The molecule has 1 amide bonds. The first-order valence-corrected chi connectivity index (χ1v) is 9.44. The van der Waals surface area contributed by atoms with Crippen molar-refractivity contribution in [1.82, 2.24) is 25.4 Å². The van der Waals surface area contributed by atoms with Gasteiger partial charge in [-0.05, 0) is 29.8 Å². The number of carbonyl (C=O) groups excluding carboxylic acids is 1. The van der Waals surface area contributed by atoms with E-state index in [9.17, 15) is 4.79 Å². The van der Waals surface area contributed by atoms with Crippen molar-refractivity contribution in [2.24, 2.45) is 4.99 Å². The van der Waals surface area contributed by atoms with Gasteiger partial charge in [-0.1, -0.05) is 19.1 Å². The molecule has 0 saturated carbocycles. The third kappa shape index (κ3) is 6.58. The van der Waals surface area contributed by atoms with Crippen LogP contribution in [0.3, 0.4) is 0 Å². The minimum Gasteiger partial charge on any atom is -0.459 e. The molecule has 3 N–H and O–H groups in total. The number of nitrogens with zero attached hydrogens (tertiary/aromatic N) is 4. The van der Waals surface area contributed by atoms with Gasteiger partial charge in [-0.25, -0.2) is 0 Å². The van der Waals surface area contributed by atoms with E-state index in [1.165, 1.54) is 6.26 Å². The zero-order valence-corrected chi connectivity index (χ0v) is 19.3. The molecule has 0 saturated heterocycles. The van der Waals surface area contributed by atoms with Crippen molar-refractivity contribution < 1.29 is 9.21 Å². The Kier molecular flexibility index (Phi) is 9.32. The van der Waals surface area contributed by atoms with Gasteiger partial charge in [0.2, 0.25) is 0 Å². The number of amides is 1. The summed E-state index contributed by atoms with van der Waals surface area (Å²) in [7, 11) is 1.73. The van der Waals surface area contributed by atoms with Gasteiger partial charge in [0.25, 0.3) is 5.91 Å². The highest BCUT2D eigenvalue weighted by Crippen LogP contribution is 2.12. The second-order valence-electron chi connectivity index (χ2n) is 6.28. The van der Waals surface area contributed by atoms with E-state index in [-0.39, 0.29) is 35.6 Å². The Balaban J connectivity index is 0.00000320. The number of carbonyl (C=O) groups is 1. The van der Waals surface area contributed by atoms with Crippen molar-refractivity contribution in [3.63, 3.8) is 0 Å². The van der Waals surface area contributed by atoms with Crippen LogP contribution in [0.15, 0.2) is 58.4 Å². The van der Waals surface area contributed by atoms with E-state index in [1.54, 1.807) is 25.5 Å². The van der Waals surface area contributed by atoms with Gasteiger partial charge in [0.1, 0.15) is 12.2 Å². The molecule has 9 nitrogen and oxygen atoms in total. The number of anilines is 1. The van der Waals surface area contributed by atoms with Gasteiger partial charge >= 0.3 is 0 Å². The topological polar surface area (TPSA) is 109 Å². The number of benzene rings is 1. The third-order valence-electron chi connectivity index (χ3n) is 4.27. The minimum atomic E-state index is -0.280. The van der Waals surface area contributed by atoms with Crippen LogP contribution in [0.5, 0.6) is 0 Å². The first-order chi connectivity index (χ1) is 14.2. The molecule has 2 aromatic heterocycles. The van der Waals surface area contributed by atoms with Gasteiger partial charge in [-0.3, -0.25) is 9.79 Å². The first kappa shape index (κ1) is 23.4. The van der Waals surface area contributed by atoms with Crippen LogP contribution in [0.1, 0.15) is 28.9 Å². The molecule has 0 atom stereocenters. The molecule has 0 aliphatic heterocycles. The van der Waals surface area contributed by atoms with Gasteiger partial charge in [0, 0.05) is 38.8 Å². The van der Waals surface area contributed by atoms with Gasteiger partial charge < -0.3 is 24.9 Å². The lowest BCUT2D eigenvalue weighted by Gasteiger charge is -2.13. The van der Waals surface area contributed by atoms with Crippen molar-refractivity contribution >= 4 is 41.5 Å². The maximum atomic E-state index is 12.1. The lowest BCUT2D eigenvalue weighted by molar-refractivity contribution is 0.0996. The van der Waals surface area contributed by atoms with Crippen LogP contribution in [0.4, 0.5) is 5.69 Å². The standard InChI is InChI=1S/C20H25N7O2.HI/c1-3-18-26-24-14-27(18)10-9-22-20(21-2)23-13-15-6-4-7-16(12-15)25-19(28)17-8-5-11-29-17;/h4-8,11-12,14H,3,9-10,13H2,1-2H3,(H,25,28)(H2,21,22,23);1H. The normalized spacial score (nSPS) is 10.9. The Morgan fingerprint density at radius 2 is 2.10 bits per heavy atom. The average molecular weight is 523 g/mol. The number of guanidine groups is 1. The van der Waals surface area contributed by atoms with Gasteiger partial charge in [0.15, 0.2) is 11.7 Å². The van der Waals surface area contributed by atoms with Crippen molar-refractivity contribution in [2.45, 2.75) is 26.4 Å². The fourth-order valence-corrected chi connectivity index (χ4v) is 2.80. The summed E-state index contributed by atoms with van der Waals surface area (Å²) in [4.78, 5) is 16.3. The summed E-state index contributed by atoms with van der Waals surface area (Å²) in [5.41, 5.74) is 1.71. The third-order valence-corrected chi connectivity index (χ3v) is 4.27. The highest BCUT2D eigenvalue weighted by Gasteiger charge is 2.09. The molecule has 160 valence electrons. The molecular formula is C20H26IN7O2. The largest absolute Gasteiger partial charge is 0.459 e. The quantitative estimate of drug-likeness (QED) is 0.238. The lowest BCUT2D eigenvalue weighted by Crippen LogP contribution is -2.38. The van der Waals surface area contributed by atoms with E-state index in [4.69, 9.17) is 4.42 Å². The summed E-state index contributed by atoms with van der Waals surface area (Å²) in [6.45, 7) is 4.08. The Morgan fingerprint density at radius 1 is 1.23 bits per heavy atom. The number of furan rings is 1. The maximum Gasteiger partial charge on any atom is 0.291 e. The predicted molar refractivity (Wildman–Crippen MR) is 126 cm³/mol. The van der Waals surface area contributed by atoms with Crippen LogP contribution in [0, 0.1) is 0 Å². The van der Waals surface area contributed by atoms with Crippen LogP contribution < -0.4 is 16.0 Å². The summed E-state index contributed by atoms with van der Waals surface area (Å²) >= 11 is 0. The van der Waals surface area contributed by atoms with Crippen molar-refractivity contribution in [3.05, 3.63) is 66.1 Å². The molecule has 2 heterocycles. The van der Waals surface area contributed by atoms with Crippen molar-refractivity contribution in [3.8, 4) is 0 Å². The average Bonchev–Trinajstić information content (AvgIpc) is 3.42. The van der Waals surface area contributed by atoms with E-state index < -0.39 is 0 Å². The van der Waals surface area contributed by atoms with E-state index in [0.29, 0.717) is 24.7 Å². The maximum absolute atomic E-state index is 12.1. The molecule has 30 heavy (non-hydrogen) atoms. The highest BCUT2D eigenvalue weighted by atomic mass is 127. The van der Waals surface area contributed by atoms with E-state index in [0.717, 1.165) is 24.4 Å². The number of aromatic nitrogens is 3. The van der Waals surface area contributed by atoms with Crippen LogP contribution in [-0.4, -0.2) is 40.2 Å². The molecule has 3 rings (SSSR count). The Hall–Kier alpha value is -2.89. The number of hydrogen-bond donors (Lipinski definition) is 3. The number of rotatable bonds is 8. The van der Waals surface area contributed by atoms with Crippen LogP contribution in [-0.2, 0) is 19.5 Å². The summed E-state index contributed by atoms with van der Waals surface area (Å²) < 4.78 is 7.13. The molecule has 0 unspecified atom stereocenters. The molecule has 0 aliphatic rings. The van der Waals surface area contributed by atoms with Gasteiger partial charge in [0.05, 0.1) is 6.26 Å². The zero-order chi connectivity index (χ0) is 20.5.